The van der Waals surface area contributed by atoms with Gasteiger partial charge in [0.2, 0.25) is 11.8 Å². The summed E-state index contributed by atoms with van der Waals surface area (Å²) < 4.78 is 14.9. The van der Waals surface area contributed by atoms with E-state index >= 15 is 0 Å². The van der Waals surface area contributed by atoms with Crippen molar-refractivity contribution in [2.45, 2.75) is 33.7 Å². The summed E-state index contributed by atoms with van der Waals surface area (Å²) in [5.41, 5.74) is 4.10. The number of aryl methyl sites for hydroxylation is 1. The average Bonchev–Trinajstić information content (AvgIpc) is 3.05. The van der Waals surface area contributed by atoms with E-state index in [2.05, 4.69) is 10.4 Å². The Morgan fingerprint density at radius 2 is 1.74 bits per heavy atom. The molecule has 2 aromatic carbocycles. The Balaban J connectivity index is 1.60. The van der Waals surface area contributed by atoms with Gasteiger partial charge in [-0.3, -0.25) is 9.59 Å². The van der Waals surface area contributed by atoms with E-state index in [0.29, 0.717) is 13.1 Å². The number of nitrogens with one attached hydrogen (secondary N) is 1. The van der Waals surface area contributed by atoms with Crippen LogP contribution in [0.4, 0.5) is 4.39 Å². The maximum atomic E-state index is 13.2. The quantitative estimate of drug-likeness (QED) is 0.606. The van der Waals surface area contributed by atoms with Crippen molar-refractivity contribution >= 4 is 11.8 Å². The van der Waals surface area contributed by atoms with Crippen molar-refractivity contribution < 1.29 is 14.0 Å². The first-order chi connectivity index (χ1) is 14.9. The van der Waals surface area contributed by atoms with Crippen molar-refractivity contribution in [3.05, 3.63) is 82.9 Å². The molecular weight excluding hydrogens is 395 g/mol. The van der Waals surface area contributed by atoms with E-state index in [1.54, 1.807) is 21.7 Å². The topological polar surface area (TPSA) is 67.2 Å². The SMILES string of the molecule is CCN(Cc1ccccc1)C(=O)CNC(=O)Cc1c(C)nn(-c2ccc(F)cc2)c1C. The van der Waals surface area contributed by atoms with Gasteiger partial charge in [-0.2, -0.15) is 5.10 Å². The highest BCUT2D eigenvalue weighted by Crippen LogP contribution is 2.19. The van der Waals surface area contributed by atoms with Gasteiger partial charge in [-0.1, -0.05) is 30.3 Å². The summed E-state index contributed by atoms with van der Waals surface area (Å²) in [7, 11) is 0. The minimum Gasteiger partial charge on any atom is -0.347 e. The number of benzene rings is 2. The zero-order valence-corrected chi connectivity index (χ0v) is 18.1. The van der Waals surface area contributed by atoms with E-state index in [9.17, 15) is 14.0 Å². The van der Waals surface area contributed by atoms with Crippen LogP contribution in [0.25, 0.3) is 5.69 Å². The fourth-order valence-corrected chi connectivity index (χ4v) is 3.45. The van der Waals surface area contributed by atoms with Gasteiger partial charge in [0.15, 0.2) is 0 Å². The van der Waals surface area contributed by atoms with Gasteiger partial charge in [0.25, 0.3) is 0 Å². The third-order valence-corrected chi connectivity index (χ3v) is 5.24. The van der Waals surface area contributed by atoms with Crippen molar-refractivity contribution in [3.8, 4) is 5.69 Å². The van der Waals surface area contributed by atoms with Crippen LogP contribution in [0.2, 0.25) is 0 Å². The van der Waals surface area contributed by atoms with Gasteiger partial charge in [-0.25, -0.2) is 9.07 Å². The summed E-state index contributed by atoms with van der Waals surface area (Å²) in [6, 6.07) is 15.8. The summed E-state index contributed by atoms with van der Waals surface area (Å²) >= 11 is 0. The monoisotopic (exact) mass is 422 g/mol. The van der Waals surface area contributed by atoms with Crippen molar-refractivity contribution in [2.75, 3.05) is 13.1 Å². The number of hydrogen-bond acceptors (Lipinski definition) is 3. The van der Waals surface area contributed by atoms with Crippen LogP contribution < -0.4 is 5.32 Å². The smallest absolute Gasteiger partial charge is 0.242 e. The van der Waals surface area contributed by atoms with Crippen molar-refractivity contribution in [2.24, 2.45) is 0 Å². The molecule has 0 bridgehead atoms. The van der Waals surface area contributed by atoms with Crippen LogP contribution in [-0.2, 0) is 22.6 Å². The molecule has 0 spiro atoms. The number of likely N-dealkylation sites (N-methyl/N-ethyl adjacent to an activating group) is 1. The molecule has 6 nitrogen and oxygen atoms in total. The van der Waals surface area contributed by atoms with Gasteiger partial charge in [0.1, 0.15) is 5.82 Å². The fourth-order valence-electron chi connectivity index (χ4n) is 3.45. The van der Waals surface area contributed by atoms with Crippen molar-refractivity contribution in [1.29, 1.82) is 0 Å². The average molecular weight is 423 g/mol. The molecule has 31 heavy (non-hydrogen) atoms. The second-order valence-corrected chi connectivity index (χ2v) is 7.38. The lowest BCUT2D eigenvalue weighted by atomic mass is 10.1. The lowest BCUT2D eigenvalue weighted by Gasteiger charge is -2.21. The molecule has 0 fully saturated rings. The number of halogens is 1. The first kappa shape index (κ1) is 22.2. The first-order valence-corrected chi connectivity index (χ1v) is 10.3. The van der Waals surface area contributed by atoms with Crippen molar-refractivity contribution in [3.63, 3.8) is 0 Å². The van der Waals surface area contributed by atoms with Crippen molar-refractivity contribution in [1.82, 2.24) is 20.0 Å². The van der Waals surface area contributed by atoms with E-state index in [4.69, 9.17) is 0 Å². The molecule has 0 aliphatic carbocycles. The largest absolute Gasteiger partial charge is 0.347 e. The first-order valence-electron chi connectivity index (χ1n) is 10.3. The Bertz CT molecular complexity index is 1050. The van der Waals surface area contributed by atoms with Gasteiger partial charge in [0.05, 0.1) is 24.3 Å². The van der Waals surface area contributed by atoms with Gasteiger partial charge in [-0.15, -0.1) is 0 Å². The van der Waals surface area contributed by atoms with Gasteiger partial charge in [0, 0.05) is 24.3 Å². The summed E-state index contributed by atoms with van der Waals surface area (Å²) in [5, 5.41) is 7.21. The predicted octanol–water partition coefficient (Wildman–Crippen LogP) is 3.34. The molecule has 162 valence electrons. The lowest BCUT2D eigenvalue weighted by Crippen LogP contribution is -2.40. The lowest BCUT2D eigenvalue weighted by molar-refractivity contribution is -0.133. The Labute approximate surface area is 181 Å². The van der Waals surface area contributed by atoms with Gasteiger partial charge < -0.3 is 10.2 Å². The number of aromatic nitrogens is 2. The van der Waals surface area contributed by atoms with Crippen LogP contribution in [0, 0.1) is 19.7 Å². The molecule has 3 rings (SSSR count). The standard InChI is InChI=1S/C24H27FN4O2/c1-4-28(16-19-8-6-5-7-9-19)24(31)15-26-23(30)14-22-17(2)27-29(18(22)3)21-12-10-20(25)11-13-21/h5-13H,4,14-16H2,1-3H3,(H,26,30). The van der Waals surface area contributed by atoms with Crippen LogP contribution in [0.1, 0.15) is 29.4 Å². The molecule has 0 aliphatic rings. The molecule has 0 unspecified atom stereocenters. The highest BCUT2D eigenvalue weighted by Gasteiger charge is 2.18. The maximum absolute atomic E-state index is 13.2. The Hall–Kier alpha value is -3.48. The minimum atomic E-state index is -0.317. The molecule has 0 radical (unpaired) electrons. The number of hydrogen-bond donors (Lipinski definition) is 1. The third-order valence-electron chi connectivity index (χ3n) is 5.24. The molecule has 0 saturated carbocycles. The summed E-state index contributed by atoms with van der Waals surface area (Å²) in [6.07, 6.45) is 0.122. The number of rotatable bonds is 8. The molecule has 1 aromatic heterocycles. The number of carbonyl (C=O) groups excluding carboxylic acids is 2. The van der Waals surface area contributed by atoms with E-state index in [1.165, 1.54) is 12.1 Å². The molecule has 1 heterocycles. The van der Waals surface area contributed by atoms with Crippen LogP contribution in [-0.4, -0.2) is 39.6 Å². The zero-order chi connectivity index (χ0) is 22.4. The number of nitrogens with zero attached hydrogens (tertiary/aromatic N) is 3. The van der Waals surface area contributed by atoms with E-state index in [-0.39, 0.29) is 30.6 Å². The third kappa shape index (κ3) is 5.57. The summed E-state index contributed by atoms with van der Waals surface area (Å²) in [5.74, 6) is -0.688. The Morgan fingerprint density at radius 1 is 1.06 bits per heavy atom. The molecule has 2 amide bonds. The summed E-state index contributed by atoms with van der Waals surface area (Å²) in [4.78, 5) is 26.8. The van der Waals surface area contributed by atoms with E-state index in [0.717, 1.165) is 28.2 Å². The van der Waals surface area contributed by atoms with E-state index < -0.39 is 0 Å². The molecule has 0 aliphatic heterocycles. The maximum Gasteiger partial charge on any atom is 0.242 e. The summed E-state index contributed by atoms with van der Waals surface area (Å²) in [6.45, 7) is 6.64. The van der Waals surface area contributed by atoms with Crippen LogP contribution in [0.3, 0.4) is 0 Å². The molecule has 3 aromatic rings. The molecule has 1 N–H and O–H groups in total. The minimum absolute atomic E-state index is 0.0519. The predicted molar refractivity (Wildman–Crippen MR) is 117 cm³/mol. The van der Waals surface area contributed by atoms with Gasteiger partial charge in [-0.05, 0) is 50.6 Å². The highest BCUT2D eigenvalue weighted by molar-refractivity contribution is 5.86. The number of amides is 2. The van der Waals surface area contributed by atoms with Crippen LogP contribution in [0.15, 0.2) is 54.6 Å². The molecule has 0 atom stereocenters. The Morgan fingerprint density at radius 3 is 2.39 bits per heavy atom. The zero-order valence-electron chi connectivity index (χ0n) is 18.1. The molecular formula is C24H27FN4O2. The fraction of sp³-hybridized carbons (Fsp3) is 0.292. The van der Waals surface area contributed by atoms with E-state index in [1.807, 2.05) is 51.1 Å². The second kappa shape index (κ2) is 10.0. The van der Waals surface area contributed by atoms with Crippen LogP contribution in [0.5, 0.6) is 0 Å². The Kier molecular flexibility index (Phi) is 7.18. The molecule has 0 saturated heterocycles. The number of carbonyl (C=O) groups is 2. The highest BCUT2D eigenvalue weighted by atomic mass is 19.1. The second-order valence-electron chi connectivity index (χ2n) is 7.38. The normalized spacial score (nSPS) is 10.7. The van der Waals surface area contributed by atoms with Crippen LogP contribution >= 0.6 is 0 Å². The van der Waals surface area contributed by atoms with Gasteiger partial charge >= 0.3 is 0 Å². The molecule has 7 heteroatoms.